The molecule has 5 rings (SSSR count). The van der Waals surface area contributed by atoms with Gasteiger partial charge in [0.25, 0.3) is 5.91 Å². The molecular weight excluding hydrogens is 424 g/mol. The molecule has 0 bridgehead atoms. The largest absolute Gasteiger partial charge is 0.436 e. The first kappa shape index (κ1) is 22.0. The summed E-state index contributed by atoms with van der Waals surface area (Å²) < 4.78 is 6.12. The number of para-hydroxylation sites is 1. The van der Waals surface area contributed by atoms with Gasteiger partial charge in [-0.1, -0.05) is 36.4 Å². The number of piperazine rings is 1. The van der Waals surface area contributed by atoms with Gasteiger partial charge in [-0.05, 0) is 42.0 Å². The van der Waals surface area contributed by atoms with Crippen molar-refractivity contribution in [1.29, 1.82) is 0 Å². The normalized spacial score (nSPS) is 14.1. The number of oxazole rings is 1. The average Bonchev–Trinajstić information content (AvgIpc) is 3.24. The standard InChI is InChI=1S/C25H24N4O2.ClH/c30-24(19-6-2-1-3-7-19)27-21-9-5-4-8-20(21)25-28-22-11-10-18(16-23(22)31-25)17-29-14-12-26-13-15-29;/h1-11,16,26H,12-15,17H2,(H,27,30);1H. The number of hydrogen-bond acceptors (Lipinski definition) is 5. The zero-order valence-electron chi connectivity index (χ0n) is 17.6. The lowest BCUT2D eigenvalue weighted by atomic mass is 10.1. The summed E-state index contributed by atoms with van der Waals surface area (Å²) in [5.41, 5.74) is 4.81. The number of hydrogen-bond donors (Lipinski definition) is 2. The minimum Gasteiger partial charge on any atom is -0.436 e. The van der Waals surface area contributed by atoms with Crippen molar-refractivity contribution in [2.45, 2.75) is 6.54 Å². The minimum absolute atomic E-state index is 0. The van der Waals surface area contributed by atoms with Crippen LogP contribution in [0.15, 0.2) is 77.2 Å². The molecule has 0 spiro atoms. The van der Waals surface area contributed by atoms with E-state index in [4.69, 9.17) is 4.42 Å². The molecule has 1 fully saturated rings. The van der Waals surface area contributed by atoms with Crippen LogP contribution in [-0.4, -0.2) is 42.0 Å². The fraction of sp³-hybridized carbons (Fsp3) is 0.200. The predicted octanol–water partition coefficient (Wildman–Crippen LogP) is 4.57. The fourth-order valence-electron chi connectivity index (χ4n) is 3.87. The number of amides is 1. The molecular formula is C25H25ClN4O2. The van der Waals surface area contributed by atoms with Gasteiger partial charge in [-0.2, -0.15) is 0 Å². The van der Waals surface area contributed by atoms with E-state index in [0.717, 1.165) is 49.4 Å². The molecule has 1 aliphatic rings. The van der Waals surface area contributed by atoms with E-state index in [2.05, 4.69) is 32.7 Å². The Bertz CT molecular complexity index is 1200. The van der Waals surface area contributed by atoms with Crippen LogP contribution in [0.1, 0.15) is 15.9 Å². The van der Waals surface area contributed by atoms with Crippen LogP contribution in [0.3, 0.4) is 0 Å². The quantitative estimate of drug-likeness (QED) is 0.468. The summed E-state index contributed by atoms with van der Waals surface area (Å²) in [4.78, 5) is 19.7. The number of halogens is 1. The van der Waals surface area contributed by atoms with Gasteiger partial charge >= 0.3 is 0 Å². The molecule has 4 aromatic rings. The van der Waals surface area contributed by atoms with Crippen LogP contribution < -0.4 is 10.6 Å². The van der Waals surface area contributed by atoms with E-state index in [-0.39, 0.29) is 18.3 Å². The van der Waals surface area contributed by atoms with Gasteiger partial charge in [-0.15, -0.1) is 12.4 Å². The number of anilines is 1. The third-order valence-electron chi connectivity index (χ3n) is 5.51. The molecule has 32 heavy (non-hydrogen) atoms. The summed E-state index contributed by atoms with van der Waals surface area (Å²) in [5, 5.41) is 6.36. The lowest BCUT2D eigenvalue weighted by Crippen LogP contribution is -2.42. The maximum Gasteiger partial charge on any atom is 0.255 e. The highest BCUT2D eigenvalue weighted by Crippen LogP contribution is 2.31. The molecule has 1 aromatic heterocycles. The summed E-state index contributed by atoms with van der Waals surface area (Å²) >= 11 is 0. The van der Waals surface area contributed by atoms with Crippen LogP contribution in [0, 0.1) is 0 Å². The van der Waals surface area contributed by atoms with Gasteiger partial charge in [0, 0.05) is 38.3 Å². The summed E-state index contributed by atoms with van der Waals surface area (Å²) in [7, 11) is 0. The fourth-order valence-corrected chi connectivity index (χ4v) is 3.87. The van der Waals surface area contributed by atoms with Crippen molar-refractivity contribution in [2.75, 3.05) is 31.5 Å². The third kappa shape index (κ3) is 4.83. The number of fused-ring (bicyclic) bond motifs is 1. The van der Waals surface area contributed by atoms with E-state index in [1.54, 1.807) is 12.1 Å². The lowest BCUT2D eigenvalue weighted by Gasteiger charge is -2.27. The highest BCUT2D eigenvalue weighted by molar-refractivity contribution is 6.06. The second-order valence-corrected chi connectivity index (χ2v) is 7.71. The minimum atomic E-state index is -0.164. The molecule has 7 heteroatoms. The Hall–Kier alpha value is -3.19. The zero-order valence-corrected chi connectivity index (χ0v) is 18.4. The number of rotatable bonds is 5. The Morgan fingerprint density at radius 1 is 1.00 bits per heavy atom. The Kier molecular flexibility index (Phi) is 6.85. The van der Waals surface area contributed by atoms with Crippen LogP contribution >= 0.6 is 12.4 Å². The number of nitrogens with zero attached hydrogens (tertiary/aromatic N) is 2. The highest BCUT2D eigenvalue weighted by atomic mass is 35.5. The third-order valence-corrected chi connectivity index (χ3v) is 5.51. The smallest absolute Gasteiger partial charge is 0.255 e. The Morgan fingerprint density at radius 2 is 1.75 bits per heavy atom. The number of carbonyl (C=O) groups is 1. The first-order valence-electron chi connectivity index (χ1n) is 10.5. The van der Waals surface area contributed by atoms with Crippen molar-refractivity contribution >= 4 is 35.1 Å². The molecule has 0 unspecified atom stereocenters. The Labute approximate surface area is 193 Å². The van der Waals surface area contributed by atoms with Gasteiger partial charge < -0.3 is 15.1 Å². The van der Waals surface area contributed by atoms with Gasteiger partial charge in [0.2, 0.25) is 5.89 Å². The van der Waals surface area contributed by atoms with Crippen molar-refractivity contribution in [3.63, 3.8) is 0 Å². The monoisotopic (exact) mass is 448 g/mol. The van der Waals surface area contributed by atoms with Gasteiger partial charge in [-0.25, -0.2) is 4.98 Å². The van der Waals surface area contributed by atoms with E-state index < -0.39 is 0 Å². The maximum absolute atomic E-state index is 12.6. The van der Waals surface area contributed by atoms with Crippen molar-refractivity contribution in [3.8, 4) is 11.5 Å². The van der Waals surface area contributed by atoms with Crippen molar-refractivity contribution < 1.29 is 9.21 Å². The van der Waals surface area contributed by atoms with Crippen molar-refractivity contribution in [2.24, 2.45) is 0 Å². The molecule has 0 radical (unpaired) electrons. The molecule has 0 saturated carbocycles. The van der Waals surface area contributed by atoms with E-state index in [1.165, 1.54) is 5.56 Å². The molecule has 164 valence electrons. The molecule has 1 amide bonds. The topological polar surface area (TPSA) is 70.4 Å². The Morgan fingerprint density at radius 3 is 2.56 bits per heavy atom. The summed E-state index contributed by atoms with van der Waals surface area (Å²) in [6, 6.07) is 22.9. The van der Waals surface area contributed by atoms with Crippen LogP contribution in [-0.2, 0) is 6.54 Å². The summed E-state index contributed by atoms with van der Waals surface area (Å²) in [6.45, 7) is 5.06. The maximum atomic E-state index is 12.6. The van der Waals surface area contributed by atoms with Crippen molar-refractivity contribution in [1.82, 2.24) is 15.2 Å². The first-order chi connectivity index (χ1) is 15.3. The molecule has 1 saturated heterocycles. The van der Waals surface area contributed by atoms with E-state index in [0.29, 0.717) is 17.1 Å². The lowest BCUT2D eigenvalue weighted by molar-refractivity contribution is 0.102. The number of carbonyl (C=O) groups excluding carboxylic acids is 1. The highest BCUT2D eigenvalue weighted by Gasteiger charge is 2.16. The van der Waals surface area contributed by atoms with Gasteiger partial charge in [-0.3, -0.25) is 9.69 Å². The van der Waals surface area contributed by atoms with Gasteiger partial charge in [0.15, 0.2) is 5.58 Å². The zero-order chi connectivity index (χ0) is 21.0. The molecule has 6 nitrogen and oxygen atoms in total. The Balaban J connectivity index is 0.00000245. The first-order valence-corrected chi connectivity index (χ1v) is 10.5. The summed E-state index contributed by atoms with van der Waals surface area (Å²) in [5.74, 6) is 0.334. The van der Waals surface area contributed by atoms with E-state index in [9.17, 15) is 4.79 Å². The molecule has 0 aliphatic carbocycles. The number of aromatic nitrogens is 1. The second-order valence-electron chi connectivity index (χ2n) is 7.71. The number of nitrogens with one attached hydrogen (secondary N) is 2. The second kappa shape index (κ2) is 9.96. The SMILES string of the molecule is Cl.O=C(Nc1ccccc1-c1nc2ccc(CN3CCNCC3)cc2o1)c1ccccc1. The molecule has 0 atom stereocenters. The van der Waals surface area contributed by atoms with Gasteiger partial charge in [0.05, 0.1) is 11.3 Å². The molecule has 2 heterocycles. The van der Waals surface area contributed by atoms with E-state index in [1.807, 2.05) is 48.5 Å². The average molecular weight is 449 g/mol. The van der Waals surface area contributed by atoms with E-state index >= 15 is 0 Å². The van der Waals surface area contributed by atoms with Crippen molar-refractivity contribution in [3.05, 3.63) is 83.9 Å². The number of benzene rings is 3. The molecule has 2 N–H and O–H groups in total. The van der Waals surface area contributed by atoms with Gasteiger partial charge in [0.1, 0.15) is 5.52 Å². The van der Waals surface area contributed by atoms with Crippen LogP contribution in [0.5, 0.6) is 0 Å². The van der Waals surface area contributed by atoms with Crippen LogP contribution in [0.25, 0.3) is 22.6 Å². The van der Waals surface area contributed by atoms with Crippen LogP contribution in [0.4, 0.5) is 5.69 Å². The molecule has 1 aliphatic heterocycles. The van der Waals surface area contributed by atoms with Crippen LogP contribution in [0.2, 0.25) is 0 Å². The predicted molar refractivity (Wildman–Crippen MR) is 129 cm³/mol. The molecule has 3 aromatic carbocycles. The summed E-state index contributed by atoms with van der Waals surface area (Å²) in [6.07, 6.45) is 0.